The maximum atomic E-state index is 12.9. The van der Waals surface area contributed by atoms with Crippen LogP contribution in [0.3, 0.4) is 0 Å². The Morgan fingerprint density at radius 1 is 1.09 bits per heavy atom. The van der Waals surface area contributed by atoms with Crippen LogP contribution in [-0.4, -0.2) is 34.8 Å². The molecule has 1 atom stereocenters. The number of amides is 1. The summed E-state index contributed by atoms with van der Waals surface area (Å²) < 4.78 is 5.58. The molecule has 0 fully saturated rings. The Balaban J connectivity index is 1.65. The number of carbonyl (C=O) groups excluding carboxylic acids is 1. The van der Waals surface area contributed by atoms with Gasteiger partial charge >= 0.3 is 6.09 Å². The SMILES string of the molecule is CC(C)(C)OC(=O)N(CCc1ccc(Sc2ccc(C#N)cc2)cc1)C[C@@H](O)c1cccc(Cl)c1. The van der Waals surface area contributed by atoms with Crippen LogP contribution in [0.15, 0.2) is 82.6 Å². The third kappa shape index (κ3) is 8.63. The molecular formula is C28H29ClN2O3S. The molecule has 0 heterocycles. The maximum absolute atomic E-state index is 12.9. The van der Waals surface area contributed by atoms with E-state index >= 15 is 0 Å². The van der Waals surface area contributed by atoms with E-state index in [2.05, 4.69) is 6.07 Å². The van der Waals surface area contributed by atoms with Crippen LogP contribution in [0.1, 0.15) is 43.6 Å². The standard InChI is InChI=1S/C28H29ClN2O3S/c1-28(2,3)34-27(33)31(19-26(32)22-5-4-6-23(29)17-22)16-15-20-7-11-24(12-8-20)35-25-13-9-21(18-30)10-14-25/h4-14,17,26,32H,15-16,19H2,1-3H3/t26-/m1/s1. The minimum absolute atomic E-state index is 0.0991. The molecular weight excluding hydrogens is 480 g/mol. The number of aliphatic hydroxyl groups excluding tert-OH is 1. The zero-order chi connectivity index (χ0) is 25.4. The van der Waals surface area contributed by atoms with Gasteiger partial charge in [-0.15, -0.1) is 0 Å². The minimum atomic E-state index is -0.882. The Labute approximate surface area is 216 Å². The van der Waals surface area contributed by atoms with Crippen LogP contribution in [0.5, 0.6) is 0 Å². The highest BCUT2D eigenvalue weighted by molar-refractivity contribution is 7.99. The summed E-state index contributed by atoms with van der Waals surface area (Å²) in [5.41, 5.74) is 1.72. The Kier molecular flexibility index (Phi) is 9.22. The van der Waals surface area contributed by atoms with E-state index in [1.54, 1.807) is 48.2 Å². The van der Waals surface area contributed by atoms with E-state index < -0.39 is 17.8 Å². The molecule has 0 aliphatic heterocycles. The maximum Gasteiger partial charge on any atom is 0.410 e. The van der Waals surface area contributed by atoms with Crippen molar-refractivity contribution in [1.29, 1.82) is 5.26 Å². The quantitative estimate of drug-likeness (QED) is 0.359. The molecule has 0 saturated carbocycles. The zero-order valence-electron chi connectivity index (χ0n) is 20.1. The number of carbonyl (C=O) groups is 1. The largest absolute Gasteiger partial charge is 0.444 e. The van der Waals surface area contributed by atoms with Crippen LogP contribution >= 0.6 is 23.4 Å². The molecule has 0 aliphatic rings. The second-order valence-corrected chi connectivity index (χ2v) is 10.7. The first-order valence-corrected chi connectivity index (χ1v) is 12.5. The normalized spacial score (nSPS) is 12.0. The van der Waals surface area contributed by atoms with Gasteiger partial charge in [0.05, 0.1) is 24.3 Å². The van der Waals surface area contributed by atoms with Crippen LogP contribution in [0.4, 0.5) is 4.79 Å². The highest BCUT2D eigenvalue weighted by atomic mass is 35.5. The lowest BCUT2D eigenvalue weighted by Crippen LogP contribution is -2.40. The summed E-state index contributed by atoms with van der Waals surface area (Å²) in [7, 11) is 0. The van der Waals surface area contributed by atoms with Crippen molar-refractivity contribution in [3.8, 4) is 6.07 Å². The Hall–Kier alpha value is -2.98. The van der Waals surface area contributed by atoms with E-state index in [-0.39, 0.29) is 6.54 Å². The Bertz CT molecular complexity index is 1170. The topological polar surface area (TPSA) is 73.6 Å². The molecule has 3 aromatic rings. The van der Waals surface area contributed by atoms with Gasteiger partial charge in [-0.05, 0) is 86.8 Å². The average Bonchev–Trinajstić information content (AvgIpc) is 2.82. The van der Waals surface area contributed by atoms with Gasteiger partial charge < -0.3 is 14.7 Å². The molecule has 5 nitrogen and oxygen atoms in total. The van der Waals surface area contributed by atoms with E-state index in [1.807, 2.05) is 57.2 Å². The van der Waals surface area contributed by atoms with Crippen molar-refractivity contribution in [3.63, 3.8) is 0 Å². The number of rotatable bonds is 8. The van der Waals surface area contributed by atoms with E-state index in [0.717, 1.165) is 15.4 Å². The molecule has 0 bridgehead atoms. The summed E-state index contributed by atoms with van der Waals surface area (Å²) in [5.74, 6) is 0. The lowest BCUT2D eigenvalue weighted by atomic mass is 10.1. The summed E-state index contributed by atoms with van der Waals surface area (Å²) in [6.45, 7) is 5.96. The van der Waals surface area contributed by atoms with Crippen LogP contribution in [0.25, 0.3) is 0 Å². The van der Waals surface area contributed by atoms with Gasteiger partial charge in [0.15, 0.2) is 0 Å². The molecule has 0 spiro atoms. The zero-order valence-corrected chi connectivity index (χ0v) is 21.6. The molecule has 0 unspecified atom stereocenters. The number of hydrogen-bond donors (Lipinski definition) is 1. The molecule has 1 amide bonds. The van der Waals surface area contributed by atoms with E-state index in [9.17, 15) is 9.90 Å². The van der Waals surface area contributed by atoms with Crippen molar-refractivity contribution < 1.29 is 14.6 Å². The smallest absolute Gasteiger partial charge is 0.410 e. The lowest BCUT2D eigenvalue weighted by molar-refractivity contribution is 0.0147. The average molecular weight is 509 g/mol. The number of nitriles is 1. The first-order valence-electron chi connectivity index (χ1n) is 11.3. The van der Waals surface area contributed by atoms with Crippen molar-refractivity contribution >= 4 is 29.5 Å². The van der Waals surface area contributed by atoms with Crippen molar-refractivity contribution in [2.45, 2.75) is 48.7 Å². The van der Waals surface area contributed by atoms with Gasteiger partial charge in [-0.2, -0.15) is 5.26 Å². The van der Waals surface area contributed by atoms with E-state index in [4.69, 9.17) is 21.6 Å². The highest BCUT2D eigenvalue weighted by Gasteiger charge is 2.24. The van der Waals surface area contributed by atoms with Gasteiger partial charge in [0.1, 0.15) is 5.60 Å². The first kappa shape index (κ1) is 26.6. The number of halogens is 1. The third-order valence-electron chi connectivity index (χ3n) is 5.09. The fourth-order valence-electron chi connectivity index (χ4n) is 3.33. The van der Waals surface area contributed by atoms with Gasteiger partial charge in [0.25, 0.3) is 0 Å². The van der Waals surface area contributed by atoms with Gasteiger partial charge in [-0.25, -0.2) is 4.79 Å². The fourth-order valence-corrected chi connectivity index (χ4v) is 4.35. The van der Waals surface area contributed by atoms with Crippen LogP contribution in [-0.2, 0) is 11.2 Å². The van der Waals surface area contributed by atoms with E-state index in [1.165, 1.54) is 4.90 Å². The number of hydrogen-bond acceptors (Lipinski definition) is 5. The number of nitrogens with zero attached hydrogens (tertiary/aromatic N) is 2. The molecule has 0 aromatic heterocycles. The van der Waals surface area contributed by atoms with Gasteiger partial charge in [0, 0.05) is 21.4 Å². The predicted octanol–water partition coefficient (Wildman–Crippen LogP) is 6.88. The summed E-state index contributed by atoms with van der Waals surface area (Å²) >= 11 is 7.68. The molecule has 0 saturated heterocycles. The first-order chi connectivity index (χ1) is 16.6. The number of aliphatic hydroxyl groups is 1. The molecule has 182 valence electrons. The van der Waals surface area contributed by atoms with Crippen LogP contribution in [0.2, 0.25) is 5.02 Å². The molecule has 3 rings (SSSR count). The van der Waals surface area contributed by atoms with E-state index in [0.29, 0.717) is 29.1 Å². The third-order valence-corrected chi connectivity index (χ3v) is 6.34. The molecule has 7 heteroatoms. The molecule has 3 aromatic carbocycles. The van der Waals surface area contributed by atoms with Gasteiger partial charge in [0.2, 0.25) is 0 Å². The predicted molar refractivity (Wildman–Crippen MR) is 140 cm³/mol. The summed E-state index contributed by atoms with van der Waals surface area (Å²) in [6, 6.07) is 24.7. The van der Waals surface area contributed by atoms with Crippen molar-refractivity contribution in [1.82, 2.24) is 4.90 Å². The number of benzene rings is 3. The lowest BCUT2D eigenvalue weighted by Gasteiger charge is -2.29. The minimum Gasteiger partial charge on any atom is -0.444 e. The van der Waals surface area contributed by atoms with Crippen molar-refractivity contribution in [2.24, 2.45) is 0 Å². The number of ether oxygens (including phenoxy) is 1. The molecule has 0 radical (unpaired) electrons. The summed E-state index contributed by atoms with van der Waals surface area (Å²) in [5, 5.41) is 20.2. The summed E-state index contributed by atoms with van der Waals surface area (Å²) in [4.78, 5) is 16.5. The molecule has 35 heavy (non-hydrogen) atoms. The highest BCUT2D eigenvalue weighted by Crippen LogP contribution is 2.28. The fraction of sp³-hybridized carbons (Fsp3) is 0.286. The van der Waals surface area contributed by atoms with Gasteiger partial charge in [-0.1, -0.05) is 47.6 Å². The van der Waals surface area contributed by atoms with Crippen molar-refractivity contribution in [3.05, 3.63) is 94.5 Å². The second kappa shape index (κ2) is 12.1. The van der Waals surface area contributed by atoms with Crippen LogP contribution < -0.4 is 0 Å². The monoisotopic (exact) mass is 508 g/mol. The summed E-state index contributed by atoms with van der Waals surface area (Å²) in [6.07, 6.45) is -0.734. The molecule has 0 aliphatic carbocycles. The Morgan fingerprint density at radius 3 is 2.29 bits per heavy atom. The Morgan fingerprint density at radius 2 is 1.71 bits per heavy atom. The second-order valence-electron chi connectivity index (χ2n) is 9.13. The van der Waals surface area contributed by atoms with Crippen molar-refractivity contribution in [2.75, 3.05) is 13.1 Å². The molecule has 1 N–H and O–H groups in total. The van der Waals surface area contributed by atoms with Gasteiger partial charge in [-0.3, -0.25) is 0 Å². The van der Waals surface area contributed by atoms with Crippen LogP contribution in [0, 0.1) is 11.3 Å².